The van der Waals surface area contributed by atoms with Crippen molar-refractivity contribution in [2.75, 3.05) is 13.2 Å². The number of carboxylic acids is 1. The number of hydrogen-bond donors (Lipinski definition) is 6. The van der Waals surface area contributed by atoms with Crippen molar-refractivity contribution in [3.8, 4) is 0 Å². The summed E-state index contributed by atoms with van der Waals surface area (Å²) < 4.78 is 10.9. The Hall–Kier alpha value is -1.92. The molecule has 0 bridgehead atoms. The van der Waals surface area contributed by atoms with E-state index in [4.69, 9.17) is 14.6 Å². The number of carbonyl (C=O) groups is 2. The zero-order valence-electron chi connectivity index (χ0n) is 17.6. The monoisotopic (exact) mass is 442 g/mol. The molecular weight excluding hydrogens is 412 g/mol. The van der Waals surface area contributed by atoms with E-state index in [-0.39, 0.29) is 18.8 Å². The minimum Gasteiger partial charge on any atom is -0.478 e. The normalized spacial score (nSPS) is 39.6. The quantitative estimate of drug-likeness (QED) is 0.213. The molecule has 10 nitrogen and oxygen atoms in total. The summed E-state index contributed by atoms with van der Waals surface area (Å²) >= 11 is 0. The van der Waals surface area contributed by atoms with E-state index in [0.29, 0.717) is 11.1 Å². The fraction of sp³-hybridized carbons (Fsp3) is 0.619. The van der Waals surface area contributed by atoms with E-state index in [0.717, 1.165) is 6.08 Å². The van der Waals surface area contributed by atoms with Crippen LogP contribution in [0.2, 0.25) is 0 Å². The number of aliphatic carboxylic acids is 1. The molecule has 2 rings (SSSR count). The molecule has 0 aromatic rings. The molecule has 1 fully saturated rings. The van der Waals surface area contributed by atoms with Crippen LogP contribution in [0.5, 0.6) is 0 Å². The minimum absolute atomic E-state index is 0.121. The molecule has 1 aliphatic carbocycles. The third-order valence-corrected chi connectivity index (χ3v) is 5.82. The van der Waals surface area contributed by atoms with Crippen LogP contribution in [0.15, 0.2) is 35.5 Å². The van der Waals surface area contributed by atoms with Gasteiger partial charge >= 0.3 is 5.97 Å². The van der Waals surface area contributed by atoms with Gasteiger partial charge in [0.05, 0.1) is 13.2 Å². The van der Waals surface area contributed by atoms with Crippen molar-refractivity contribution in [1.82, 2.24) is 0 Å². The lowest BCUT2D eigenvalue weighted by atomic mass is 9.63. The predicted octanol–water partition coefficient (Wildman–Crippen LogP) is -0.953. The Kier molecular flexibility index (Phi) is 7.93. The van der Waals surface area contributed by atoms with E-state index >= 15 is 0 Å². The first kappa shape index (κ1) is 25.3. The number of ether oxygens (including phenoxy) is 2. The largest absolute Gasteiger partial charge is 0.478 e. The van der Waals surface area contributed by atoms with Gasteiger partial charge in [0.25, 0.3) is 0 Å². The number of allylic oxidation sites excluding steroid dienone is 3. The number of hydrogen-bond acceptors (Lipinski definition) is 9. The molecule has 174 valence electrons. The number of aliphatic hydroxyl groups is 5. The van der Waals surface area contributed by atoms with Gasteiger partial charge < -0.3 is 40.1 Å². The highest BCUT2D eigenvalue weighted by atomic mass is 16.7. The van der Waals surface area contributed by atoms with Crippen LogP contribution in [0.25, 0.3) is 0 Å². The summed E-state index contributed by atoms with van der Waals surface area (Å²) in [6.45, 7) is 3.78. The Bertz CT molecular complexity index is 785. The van der Waals surface area contributed by atoms with Gasteiger partial charge in [0.15, 0.2) is 12.1 Å². The van der Waals surface area contributed by atoms with Crippen molar-refractivity contribution in [3.05, 3.63) is 35.5 Å². The predicted molar refractivity (Wildman–Crippen MR) is 107 cm³/mol. The lowest BCUT2D eigenvalue weighted by Gasteiger charge is -2.47. The highest BCUT2D eigenvalue weighted by Gasteiger charge is 2.52. The van der Waals surface area contributed by atoms with E-state index < -0.39 is 54.3 Å². The summed E-state index contributed by atoms with van der Waals surface area (Å²) in [5.41, 5.74) is -2.24. The van der Waals surface area contributed by atoms with Crippen molar-refractivity contribution in [3.63, 3.8) is 0 Å². The molecule has 2 aliphatic rings. The van der Waals surface area contributed by atoms with Gasteiger partial charge in [-0.15, -0.1) is 0 Å². The van der Waals surface area contributed by atoms with Gasteiger partial charge in [0, 0.05) is 17.9 Å². The van der Waals surface area contributed by atoms with E-state index in [2.05, 4.69) is 0 Å². The fourth-order valence-corrected chi connectivity index (χ4v) is 3.86. The first-order valence-corrected chi connectivity index (χ1v) is 9.81. The summed E-state index contributed by atoms with van der Waals surface area (Å²) in [6, 6.07) is 0. The number of aliphatic hydroxyl groups excluding tert-OH is 4. The van der Waals surface area contributed by atoms with Crippen molar-refractivity contribution in [1.29, 1.82) is 0 Å². The zero-order chi connectivity index (χ0) is 23.6. The average Bonchev–Trinajstić information content (AvgIpc) is 2.68. The number of rotatable bonds is 7. The molecule has 1 saturated heterocycles. The van der Waals surface area contributed by atoms with Gasteiger partial charge in [-0.25, -0.2) is 4.79 Å². The smallest absolute Gasteiger partial charge is 0.328 e. The van der Waals surface area contributed by atoms with Crippen molar-refractivity contribution < 1.29 is 49.7 Å². The second-order valence-corrected chi connectivity index (χ2v) is 8.37. The lowest BCUT2D eigenvalue weighted by molar-refractivity contribution is -0.308. The molecule has 10 heteroatoms. The molecule has 31 heavy (non-hydrogen) atoms. The van der Waals surface area contributed by atoms with Crippen LogP contribution in [0, 0.1) is 5.41 Å². The van der Waals surface area contributed by atoms with E-state index in [1.807, 2.05) is 0 Å². The number of carboxylic acid groups (broad SMARTS) is 1. The zero-order valence-corrected chi connectivity index (χ0v) is 17.6. The van der Waals surface area contributed by atoms with Crippen LogP contribution in [-0.4, -0.2) is 91.9 Å². The fourth-order valence-electron chi connectivity index (χ4n) is 3.86. The van der Waals surface area contributed by atoms with E-state index in [1.54, 1.807) is 20.8 Å². The Labute approximate surface area is 179 Å². The maximum atomic E-state index is 12.2. The summed E-state index contributed by atoms with van der Waals surface area (Å²) in [4.78, 5) is 23.1. The van der Waals surface area contributed by atoms with Crippen LogP contribution in [0.3, 0.4) is 0 Å². The third kappa shape index (κ3) is 5.29. The van der Waals surface area contributed by atoms with Gasteiger partial charge in [-0.05, 0) is 37.1 Å². The van der Waals surface area contributed by atoms with Gasteiger partial charge in [0.1, 0.15) is 30.0 Å². The first-order chi connectivity index (χ1) is 14.3. The maximum Gasteiger partial charge on any atom is 0.328 e. The minimum atomic E-state index is -1.69. The second-order valence-electron chi connectivity index (χ2n) is 8.37. The molecule has 1 heterocycles. The van der Waals surface area contributed by atoms with Crippen molar-refractivity contribution >= 4 is 11.8 Å². The summed E-state index contributed by atoms with van der Waals surface area (Å²) in [5, 5.41) is 59.6. The second kappa shape index (κ2) is 9.70. The van der Waals surface area contributed by atoms with E-state index in [1.165, 1.54) is 18.2 Å². The van der Waals surface area contributed by atoms with E-state index in [9.17, 15) is 35.1 Å². The Morgan fingerprint density at radius 3 is 2.52 bits per heavy atom. The van der Waals surface area contributed by atoms with Crippen LogP contribution >= 0.6 is 0 Å². The number of ketones is 1. The van der Waals surface area contributed by atoms with Gasteiger partial charge in [-0.3, -0.25) is 4.79 Å². The standard InChI is InChI=1S/C21H30O10/c1-11(6-15(24)25)4-5-21(29)12(2)7-13(23)8-20(21,3)10-30-19-18(28)17(27)16(26)14(9-22)31-19/h4-7,14,16-19,22,26-29H,8-10H2,1-3H3,(H,24,25)/b5-4+,11-6+/t14-,16-,17+,18-,19-,20-,21-/m1/s1. The SMILES string of the molecule is CC1=CC(=O)C[C@](C)(CO[C@@H]2O[C@H](CO)[C@@H](O)[C@H](O)[C@H]2O)[C@@]1(O)/C=C/C(C)=C/C(=O)O. The molecule has 0 amide bonds. The van der Waals surface area contributed by atoms with Crippen molar-refractivity contribution in [2.24, 2.45) is 5.41 Å². The summed E-state index contributed by atoms with van der Waals surface area (Å²) in [7, 11) is 0. The molecule has 1 aliphatic heterocycles. The average molecular weight is 442 g/mol. The Morgan fingerprint density at radius 1 is 1.29 bits per heavy atom. The molecule has 0 saturated carbocycles. The molecule has 0 aromatic heterocycles. The van der Waals surface area contributed by atoms with Gasteiger partial charge in [-0.2, -0.15) is 0 Å². The van der Waals surface area contributed by atoms with Crippen molar-refractivity contribution in [2.45, 2.75) is 63.5 Å². The summed E-state index contributed by atoms with van der Waals surface area (Å²) in [5.74, 6) is -1.40. The molecular formula is C21H30O10. The van der Waals surface area contributed by atoms with Crippen LogP contribution in [0.4, 0.5) is 0 Å². The highest BCUT2D eigenvalue weighted by Crippen LogP contribution is 2.45. The molecule has 0 spiro atoms. The Balaban J connectivity index is 2.29. The molecule has 6 N–H and O–H groups in total. The van der Waals surface area contributed by atoms with Gasteiger partial charge in [-0.1, -0.05) is 13.0 Å². The molecule has 0 unspecified atom stereocenters. The third-order valence-electron chi connectivity index (χ3n) is 5.82. The summed E-state index contributed by atoms with van der Waals surface area (Å²) in [6.07, 6.45) is -2.41. The first-order valence-electron chi connectivity index (χ1n) is 9.81. The number of carbonyl (C=O) groups excluding carboxylic acids is 1. The molecule has 7 atom stereocenters. The molecule has 0 aromatic carbocycles. The van der Waals surface area contributed by atoms with Crippen LogP contribution < -0.4 is 0 Å². The van der Waals surface area contributed by atoms with Gasteiger partial charge in [0.2, 0.25) is 0 Å². The molecule has 0 radical (unpaired) electrons. The highest BCUT2D eigenvalue weighted by molar-refractivity contribution is 5.93. The maximum absolute atomic E-state index is 12.2. The van der Waals surface area contributed by atoms with Crippen LogP contribution in [0.1, 0.15) is 27.2 Å². The lowest BCUT2D eigenvalue weighted by Crippen LogP contribution is -2.60. The van der Waals surface area contributed by atoms with Crippen LogP contribution in [-0.2, 0) is 19.1 Å². The topological polar surface area (TPSA) is 174 Å². The Morgan fingerprint density at radius 2 is 1.94 bits per heavy atom.